The molecule has 0 N–H and O–H groups in total. The van der Waals surface area contributed by atoms with E-state index in [0.29, 0.717) is 103 Å². The standard InChI is InChI=1S/C56H67N6O10P/c1-52(2,32-53(3,4)70-49-46(60-23-11-14-43(60)63)37-26-34(29-57)17-20-40(37)67-54(49,5)6)33-66-73(71-50-47(61-24-12-15-44(61)64)38-27-35(30-58)18-21-41(38)68-55(50,7)8)72-51-48(62-25-13-16-45(62)65)39-28-36(31-59)19-22-42(39)69-56(51,9)10/h17-22,26-28,46-51H,11-16,23-25,32-33H2,1-10H3/t46-,47-,48-,49+,50+,51+/m1/s1. The summed E-state index contributed by atoms with van der Waals surface area (Å²) in [5.74, 6) is 1.63. The second kappa shape index (κ2) is 19.5. The lowest BCUT2D eigenvalue weighted by Gasteiger charge is -2.51. The van der Waals surface area contributed by atoms with Crippen LogP contribution in [0.15, 0.2) is 54.6 Å². The molecular weight excluding hydrogens is 948 g/mol. The molecule has 3 aromatic carbocycles. The van der Waals surface area contributed by atoms with Gasteiger partial charge in [-0.1, -0.05) is 13.8 Å². The van der Waals surface area contributed by atoms with Crippen LogP contribution >= 0.6 is 8.60 Å². The maximum Gasteiger partial charge on any atom is 0.333 e. The monoisotopic (exact) mass is 1010 g/mol. The number of carbonyl (C=O) groups excluding carboxylic acids is 3. The first-order valence-electron chi connectivity index (χ1n) is 25.5. The van der Waals surface area contributed by atoms with Crippen molar-refractivity contribution in [3.8, 4) is 35.5 Å². The Morgan fingerprint density at radius 3 is 1.25 bits per heavy atom. The minimum Gasteiger partial charge on any atom is -0.485 e. The molecule has 0 aromatic heterocycles. The lowest BCUT2D eigenvalue weighted by atomic mass is 9.80. The van der Waals surface area contributed by atoms with Crippen LogP contribution in [0.2, 0.25) is 0 Å². The van der Waals surface area contributed by atoms with Crippen molar-refractivity contribution in [2.24, 2.45) is 5.41 Å². The van der Waals surface area contributed by atoms with Crippen molar-refractivity contribution in [2.45, 2.75) is 173 Å². The number of rotatable bonds is 14. The SMILES string of the molecule is CC(C)(COP(O[C@H]1[C@H](N2CCCC2=O)c2cc(C#N)ccc2OC1(C)C)O[C@H]1[C@H](N2CCCC2=O)c2cc(C#N)ccc2OC1(C)C)CC(C)(C)O[C@H]1[C@H](N2CCCC2=O)c2cc(C#N)ccc2OC1(C)C. The molecule has 6 atom stereocenters. The fourth-order valence-corrected chi connectivity index (χ4v) is 13.8. The minimum atomic E-state index is -2.42. The lowest BCUT2D eigenvalue weighted by molar-refractivity contribution is -0.191. The van der Waals surface area contributed by atoms with Gasteiger partial charge in [-0.15, -0.1) is 0 Å². The number of benzene rings is 3. The summed E-state index contributed by atoms with van der Waals surface area (Å²) in [6.45, 7) is 21.3. The first-order chi connectivity index (χ1) is 34.4. The van der Waals surface area contributed by atoms with Gasteiger partial charge in [0.15, 0.2) is 0 Å². The highest BCUT2D eigenvalue weighted by atomic mass is 31.2. The molecule has 386 valence electrons. The normalized spacial score (nSPS) is 26.0. The van der Waals surface area contributed by atoms with E-state index in [1.54, 1.807) is 54.6 Å². The first kappa shape index (κ1) is 52.1. The van der Waals surface area contributed by atoms with E-state index in [1.165, 1.54) is 0 Å². The van der Waals surface area contributed by atoms with Crippen LogP contribution in [0.5, 0.6) is 17.2 Å². The molecule has 0 unspecified atom stereocenters. The topological polar surface area (TPSA) is 197 Å². The van der Waals surface area contributed by atoms with E-state index in [2.05, 4.69) is 32.1 Å². The molecule has 0 aliphatic carbocycles. The highest BCUT2D eigenvalue weighted by Gasteiger charge is 2.56. The Morgan fingerprint density at radius 2 is 0.918 bits per heavy atom. The number of nitriles is 3. The van der Waals surface area contributed by atoms with E-state index >= 15 is 0 Å². The summed E-state index contributed by atoms with van der Waals surface area (Å²) in [5.41, 5.74) is -1.21. The van der Waals surface area contributed by atoms with Gasteiger partial charge in [-0.3, -0.25) is 14.4 Å². The summed E-state index contributed by atoms with van der Waals surface area (Å²) in [6, 6.07) is 20.6. The molecule has 0 bridgehead atoms. The zero-order valence-corrected chi connectivity index (χ0v) is 44.5. The van der Waals surface area contributed by atoms with Crippen LogP contribution in [0.25, 0.3) is 0 Å². The molecule has 3 aromatic rings. The van der Waals surface area contributed by atoms with Gasteiger partial charge in [0, 0.05) is 55.6 Å². The summed E-state index contributed by atoms with van der Waals surface area (Å²) in [6.07, 6.45) is 1.23. The van der Waals surface area contributed by atoms with Gasteiger partial charge in [0.2, 0.25) is 17.7 Å². The molecule has 0 spiro atoms. The summed E-state index contributed by atoms with van der Waals surface area (Å²) < 4.78 is 48.9. The van der Waals surface area contributed by atoms with E-state index in [0.717, 1.165) is 12.0 Å². The molecule has 9 rings (SSSR count). The summed E-state index contributed by atoms with van der Waals surface area (Å²) in [4.78, 5) is 46.7. The van der Waals surface area contributed by atoms with Crippen LogP contribution in [0, 0.1) is 39.4 Å². The largest absolute Gasteiger partial charge is 0.485 e. The Kier molecular flexibility index (Phi) is 13.9. The Balaban J connectivity index is 1.07. The van der Waals surface area contributed by atoms with Gasteiger partial charge in [0.1, 0.15) is 52.4 Å². The molecule has 6 aliphatic rings. The van der Waals surface area contributed by atoms with Gasteiger partial charge in [0.25, 0.3) is 0 Å². The molecule has 0 radical (unpaired) electrons. The molecule has 17 heteroatoms. The van der Waals surface area contributed by atoms with E-state index in [-0.39, 0.29) is 24.3 Å². The number of hydrogen-bond acceptors (Lipinski definition) is 13. The van der Waals surface area contributed by atoms with Gasteiger partial charge in [0.05, 0.1) is 65.2 Å². The third kappa shape index (κ3) is 10.2. The third-order valence-electron chi connectivity index (χ3n) is 15.1. The van der Waals surface area contributed by atoms with Crippen LogP contribution in [0.4, 0.5) is 0 Å². The fraction of sp³-hybridized carbons (Fsp3) is 0.571. The van der Waals surface area contributed by atoms with Crippen molar-refractivity contribution in [3.63, 3.8) is 0 Å². The number of likely N-dealkylation sites (tertiary alicyclic amines) is 3. The zero-order chi connectivity index (χ0) is 52.4. The Labute approximate surface area is 430 Å². The Morgan fingerprint density at radius 1 is 0.575 bits per heavy atom. The molecule has 16 nitrogen and oxygen atoms in total. The van der Waals surface area contributed by atoms with Crippen LogP contribution in [0.1, 0.15) is 166 Å². The van der Waals surface area contributed by atoms with Gasteiger partial charge in [-0.2, -0.15) is 15.8 Å². The molecule has 73 heavy (non-hydrogen) atoms. The number of nitrogens with zero attached hydrogens (tertiary/aromatic N) is 6. The predicted octanol–water partition coefficient (Wildman–Crippen LogP) is 9.80. The highest BCUT2D eigenvalue weighted by molar-refractivity contribution is 7.41. The van der Waals surface area contributed by atoms with E-state index in [9.17, 15) is 30.2 Å². The van der Waals surface area contributed by atoms with Crippen molar-refractivity contribution in [1.29, 1.82) is 15.8 Å². The van der Waals surface area contributed by atoms with Crippen LogP contribution in [-0.2, 0) is 32.7 Å². The molecule has 3 fully saturated rings. The van der Waals surface area contributed by atoms with Crippen molar-refractivity contribution >= 4 is 26.3 Å². The van der Waals surface area contributed by atoms with Crippen molar-refractivity contribution < 1.29 is 46.9 Å². The fourth-order valence-electron chi connectivity index (χ4n) is 12.0. The predicted molar refractivity (Wildman–Crippen MR) is 269 cm³/mol. The average Bonchev–Trinajstić information content (AvgIpc) is 4.08. The molecule has 3 saturated heterocycles. The second-order valence-electron chi connectivity index (χ2n) is 23.3. The van der Waals surface area contributed by atoms with Gasteiger partial charge < -0.3 is 47.2 Å². The van der Waals surface area contributed by atoms with Gasteiger partial charge >= 0.3 is 8.60 Å². The Bertz CT molecular complexity index is 2690. The first-order valence-corrected chi connectivity index (χ1v) is 26.6. The molecule has 6 heterocycles. The minimum absolute atomic E-state index is 0.0262. The van der Waals surface area contributed by atoms with E-state index < -0.39 is 72.9 Å². The average molecular weight is 1020 g/mol. The van der Waals surface area contributed by atoms with Crippen molar-refractivity contribution in [1.82, 2.24) is 14.7 Å². The molecule has 0 saturated carbocycles. The summed E-state index contributed by atoms with van der Waals surface area (Å²) >= 11 is 0. The van der Waals surface area contributed by atoms with Crippen molar-refractivity contribution in [3.05, 3.63) is 88.0 Å². The molecular formula is C56H67N6O10P. The smallest absolute Gasteiger partial charge is 0.333 e. The highest BCUT2D eigenvalue weighted by Crippen LogP contribution is 2.58. The quantitative estimate of drug-likeness (QED) is 0.139. The Hall–Kier alpha value is -5.79. The lowest BCUT2D eigenvalue weighted by Crippen LogP contribution is -2.57. The van der Waals surface area contributed by atoms with E-state index in [4.69, 9.17) is 32.5 Å². The third-order valence-corrected chi connectivity index (χ3v) is 16.2. The number of fused-ring (bicyclic) bond motifs is 3. The molecule has 3 amide bonds. The summed E-state index contributed by atoms with van der Waals surface area (Å²) in [7, 11) is -2.42. The zero-order valence-electron chi connectivity index (χ0n) is 43.7. The number of carbonyl (C=O) groups is 3. The van der Waals surface area contributed by atoms with Gasteiger partial charge in [-0.25, -0.2) is 0 Å². The summed E-state index contributed by atoms with van der Waals surface area (Å²) in [5, 5.41) is 30.0. The number of hydrogen-bond donors (Lipinski definition) is 0. The maximum atomic E-state index is 13.8. The van der Waals surface area contributed by atoms with Crippen LogP contribution in [-0.4, -0.2) is 99.4 Å². The number of amides is 3. The number of ether oxygens (including phenoxy) is 4. The van der Waals surface area contributed by atoms with Crippen LogP contribution in [0.3, 0.4) is 0 Å². The molecule has 6 aliphatic heterocycles. The maximum absolute atomic E-state index is 13.8. The van der Waals surface area contributed by atoms with Gasteiger partial charge in [-0.05, 0) is 141 Å². The van der Waals surface area contributed by atoms with Crippen molar-refractivity contribution in [2.75, 3.05) is 26.2 Å². The van der Waals surface area contributed by atoms with Crippen LogP contribution < -0.4 is 14.2 Å². The van der Waals surface area contributed by atoms with E-state index in [1.807, 2.05) is 70.1 Å². The second-order valence-corrected chi connectivity index (χ2v) is 24.4.